The smallest absolute Gasteiger partial charge is 0.241 e. The fourth-order valence-corrected chi connectivity index (χ4v) is 5.10. The van der Waals surface area contributed by atoms with E-state index in [0.717, 1.165) is 25.9 Å². The molecule has 1 aliphatic rings. The van der Waals surface area contributed by atoms with E-state index in [2.05, 4.69) is 21.9 Å². The largest absolute Gasteiger partial charge is 0.493 e. The Balaban J connectivity index is 1.40. The minimum absolute atomic E-state index is 0.0703. The van der Waals surface area contributed by atoms with Crippen LogP contribution in [0, 0.1) is 11.7 Å². The van der Waals surface area contributed by atoms with Gasteiger partial charge in [-0.2, -0.15) is 0 Å². The van der Waals surface area contributed by atoms with Gasteiger partial charge in [0.15, 0.2) is 11.5 Å². The van der Waals surface area contributed by atoms with Gasteiger partial charge in [-0.05, 0) is 81.4 Å². The predicted molar refractivity (Wildman–Crippen MR) is 161 cm³/mol. The van der Waals surface area contributed by atoms with Crippen molar-refractivity contribution in [3.63, 3.8) is 0 Å². The second kappa shape index (κ2) is 13.2. The topological polar surface area (TPSA) is 120 Å². The Morgan fingerprint density at radius 1 is 1.05 bits per heavy atom. The Bertz CT molecular complexity index is 1630. The highest BCUT2D eigenvalue weighted by molar-refractivity contribution is 6.32. The molecule has 3 heterocycles. The molecule has 2 N–H and O–H groups in total. The van der Waals surface area contributed by atoms with Gasteiger partial charge in [-0.3, -0.25) is 19.5 Å². The number of carbonyl (C=O) groups is 2. The number of nitrogens with two attached hydrogens (primary N) is 1. The summed E-state index contributed by atoms with van der Waals surface area (Å²) in [5.41, 5.74) is 6.42. The molecular weight excluding hydrogens is 577 g/mol. The maximum atomic E-state index is 13.5. The van der Waals surface area contributed by atoms with E-state index in [0.29, 0.717) is 46.4 Å². The standard InChI is InChI=1S/C31H31ClFN5O5/c1-37-11-8-19(9-12-37)18-42-28-15-25-23(14-27(28)41-2)26(7-10-35-25)43-31-24(32)13-22(17-36-31)38(30(40)16-29(34)39)21-5-3-20(33)4-6-21/h3-7,10,13-15,17,19H,8-9,11-12,16,18H2,1-2H3,(H2,34,39). The van der Waals surface area contributed by atoms with Crippen molar-refractivity contribution in [1.29, 1.82) is 0 Å². The number of aromatic nitrogens is 2. The Hall–Kier alpha value is -4.48. The molecule has 2 amide bonds. The quantitative estimate of drug-likeness (QED) is 0.235. The Labute approximate surface area is 253 Å². The van der Waals surface area contributed by atoms with Gasteiger partial charge in [0.05, 0.1) is 31.1 Å². The van der Waals surface area contributed by atoms with E-state index in [1.54, 1.807) is 25.4 Å². The first-order valence-electron chi connectivity index (χ1n) is 13.7. The number of nitrogens with zero attached hydrogens (tertiary/aromatic N) is 4. The lowest BCUT2D eigenvalue weighted by molar-refractivity contribution is -0.125. The average Bonchev–Trinajstić information content (AvgIpc) is 2.98. The number of benzene rings is 2. The number of amides is 2. The van der Waals surface area contributed by atoms with Crippen LogP contribution in [0.4, 0.5) is 15.8 Å². The van der Waals surface area contributed by atoms with Crippen molar-refractivity contribution in [3.8, 4) is 23.1 Å². The van der Waals surface area contributed by atoms with Gasteiger partial charge >= 0.3 is 0 Å². The minimum Gasteiger partial charge on any atom is -0.493 e. The van der Waals surface area contributed by atoms with Crippen LogP contribution in [-0.4, -0.2) is 60.5 Å². The number of methoxy groups -OCH3 is 1. The highest BCUT2D eigenvalue weighted by Gasteiger charge is 2.23. The van der Waals surface area contributed by atoms with Gasteiger partial charge in [0, 0.05) is 23.3 Å². The summed E-state index contributed by atoms with van der Waals surface area (Å²) in [7, 11) is 3.70. The van der Waals surface area contributed by atoms with Crippen LogP contribution in [0.3, 0.4) is 0 Å². The molecule has 0 unspecified atom stereocenters. The lowest BCUT2D eigenvalue weighted by Crippen LogP contribution is -2.32. The summed E-state index contributed by atoms with van der Waals surface area (Å²) >= 11 is 6.57. The summed E-state index contributed by atoms with van der Waals surface area (Å²) in [6, 6.07) is 11.9. The Morgan fingerprint density at radius 2 is 1.79 bits per heavy atom. The van der Waals surface area contributed by atoms with Crippen LogP contribution in [0.25, 0.3) is 10.9 Å². The molecule has 1 fully saturated rings. The lowest BCUT2D eigenvalue weighted by atomic mass is 9.98. The molecule has 0 bridgehead atoms. The molecule has 1 saturated heterocycles. The van der Waals surface area contributed by atoms with Gasteiger partial charge in [0.1, 0.15) is 23.0 Å². The van der Waals surface area contributed by atoms with Gasteiger partial charge in [0.2, 0.25) is 17.7 Å². The molecule has 2 aromatic carbocycles. The monoisotopic (exact) mass is 607 g/mol. The van der Waals surface area contributed by atoms with Crippen molar-refractivity contribution in [3.05, 3.63) is 71.8 Å². The molecule has 43 heavy (non-hydrogen) atoms. The highest BCUT2D eigenvalue weighted by atomic mass is 35.5. The molecule has 0 atom stereocenters. The van der Waals surface area contributed by atoms with Crippen molar-refractivity contribution in [2.45, 2.75) is 19.3 Å². The molecule has 12 heteroatoms. The second-order valence-corrected chi connectivity index (χ2v) is 10.7. The van der Waals surface area contributed by atoms with E-state index < -0.39 is 24.1 Å². The first-order valence-corrected chi connectivity index (χ1v) is 14.1. The molecule has 1 aliphatic heterocycles. The van der Waals surface area contributed by atoms with Gasteiger partial charge in [0.25, 0.3) is 0 Å². The van der Waals surface area contributed by atoms with E-state index in [9.17, 15) is 14.0 Å². The number of fused-ring (bicyclic) bond motifs is 1. The number of piperidine rings is 1. The zero-order valence-corrected chi connectivity index (χ0v) is 24.5. The molecule has 0 saturated carbocycles. The van der Waals surface area contributed by atoms with Gasteiger partial charge in [-0.25, -0.2) is 9.37 Å². The molecule has 2 aromatic heterocycles. The van der Waals surface area contributed by atoms with E-state index in [1.807, 2.05) is 6.07 Å². The average molecular weight is 608 g/mol. The number of likely N-dealkylation sites (tertiary alicyclic amines) is 1. The molecular formula is C31H31ClFN5O5. The second-order valence-electron chi connectivity index (χ2n) is 10.3. The number of hydrogen-bond donors (Lipinski definition) is 1. The van der Waals surface area contributed by atoms with E-state index >= 15 is 0 Å². The van der Waals surface area contributed by atoms with Crippen LogP contribution in [0.5, 0.6) is 23.1 Å². The zero-order valence-electron chi connectivity index (χ0n) is 23.8. The maximum Gasteiger partial charge on any atom is 0.241 e. The predicted octanol–water partition coefficient (Wildman–Crippen LogP) is 5.48. The number of ether oxygens (including phenoxy) is 3. The molecule has 10 nitrogen and oxygen atoms in total. The van der Waals surface area contributed by atoms with Crippen LogP contribution in [-0.2, 0) is 9.59 Å². The van der Waals surface area contributed by atoms with Crippen LogP contribution < -0.4 is 24.8 Å². The third kappa shape index (κ3) is 7.12. The summed E-state index contributed by atoms with van der Waals surface area (Å²) in [6.07, 6.45) is 4.56. The van der Waals surface area contributed by atoms with Crippen LogP contribution >= 0.6 is 11.6 Å². The number of rotatable bonds is 10. The van der Waals surface area contributed by atoms with Gasteiger partial charge < -0.3 is 24.8 Å². The summed E-state index contributed by atoms with van der Waals surface area (Å²) in [5.74, 6) is 0.173. The number of pyridine rings is 2. The number of halogens is 2. The van der Waals surface area contributed by atoms with Gasteiger partial charge in [-0.15, -0.1) is 0 Å². The van der Waals surface area contributed by atoms with Crippen LogP contribution in [0.1, 0.15) is 19.3 Å². The van der Waals surface area contributed by atoms with Crippen molar-refractivity contribution in [1.82, 2.24) is 14.9 Å². The highest BCUT2D eigenvalue weighted by Crippen LogP contribution is 2.39. The van der Waals surface area contributed by atoms with E-state index in [1.165, 1.54) is 41.4 Å². The number of anilines is 2. The lowest BCUT2D eigenvalue weighted by Gasteiger charge is -2.28. The summed E-state index contributed by atoms with van der Waals surface area (Å²) in [5, 5.41) is 0.740. The van der Waals surface area contributed by atoms with Crippen LogP contribution in [0.15, 0.2) is 60.9 Å². The minimum atomic E-state index is -0.813. The maximum absolute atomic E-state index is 13.5. The van der Waals surface area contributed by atoms with E-state index in [4.69, 9.17) is 31.5 Å². The molecule has 224 valence electrons. The van der Waals surface area contributed by atoms with E-state index in [-0.39, 0.29) is 16.6 Å². The zero-order chi connectivity index (χ0) is 30.5. The third-order valence-corrected chi connectivity index (χ3v) is 7.49. The molecule has 0 radical (unpaired) electrons. The number of carbonyl (C=O) groups excluding carboxylic acids is 2. The first kappa shape index (κ1) is 30.0. The van der Waals surface area contributed by atoms with Crippen molar-refractivity contribution >= 4 is 45.7 Å². The molecule has 5 rings (SSSR count). The van der Waals surface area contributed by atoms with Crippen molar-refractivity contribution in [2.75, 3.05) is 38.8 Å². The third-order valence-electron chi connectivity index (χ3n) is 7.22. The van der Waals surface area contributed by atoms with Crippen LogP contribution in [0.2, 0.25) is 5.02 Å². The fraction of sp³-hybridized carbons (Fsp3) is 0.290. The van der Waals surface area contributed by atoms with Crippen molar-refractivity contribution in [2.24, 2.45) is 11.7 Å². The Morgan fingerprint density at radius 3 is 2.47 bits per heavy atom. The van der Waals surface area contributed by atoms with Crippen molar-refractivity contribution < 1.29 is 28.2 Å². The molecule has 0 spiro atoms. The first-order chi connectivity index (χ1) is 20.7. The number of hydrogen-bond acceptors (Lipinski definition) is 8. The SMILES string of the molecule is COc1cc2c(Oc3ncc(N(C(=O)CC(N)=O)c4ccc(F)cc4)cc3Cl)ccnc2cc1OCC1CCN(C)CC1. The fourth-order valence-electron chi connectivity index (χ4n) is 4.90. The molecule has 4 aromatic rings. The summed E-state index contributed by atoms with van der Waals surface area (Å²) < 4.78 is 31.4. The summed E-state index contributed by atoms with van der Waals surface area (Å²) in [4.78, 5) is 36.7. The Kier molecular flexibility index (Phi) is 9.22. The summed E-state index contributed by atoms with van der Waals surface area (Å²) in [6.45, 7) is 2.70. The molecule has 0 aliphatic carbocycles. The number of primary amides is 1. The normalized spacial score (nSPS) is 14.0. The van der Waals surface area contributed by atoms with Gasteiger partial charge in [-0.1, -0.05) is 11.6 Å².